The average Bonchev–Trinajstić information content (AvgIpc) is 2.40. The Hall–Kier alpha value is -1.79. The van der Waals surface area contributed by atoms with Crippen LogP contribution in [0.2, 0.25) is 0 Å². The van der Waals surface area contributed by atoms with Crippen molar-refractivity contribution < 1.29 is 19.5 Å². The molecule has 1 aliphatic rings. The Balaban J connectivity index is 2.57. The largest absolute Gasteiger partial charge is 0.480 e. The monoisotopic (exact) mass is 229 g/mol. The van der Waals surface area contributed by atoms with Crippen molar-refractivity contribution in [3.05, 3.63) is 0 Å². The zero-order valence-electron chi connectivity index (χ0n) is 9.10. The molecule has 0 aromatic rings. The van der Waals surface area contributed by atoms with Crippen molar-refractivity contribution in [2.75, 3.05) is 33.2 Å². The van der Waals surface area contributed by atoms with Crippen LogP contribution in [-0.4, -0.2) is 66.0 Å². The fourth-order valence-electron chi connectivity index (χ4n) is 1.48. The molecule has 1 saturated heterocycles. The molecule has 3 amide bonds. The first-order chi connectivity index (χ1) is 7.50. The highest BCUT2D eigenvalue weighted by Gasteiger charge is 2.23. The number of hydrogen-bond donors (Lipinski definition) is 2. The minimum atomic E-state index is -1.07. The van der Waals surface area contributed by atoms with Gasteiger partial charge in [-0.2, -0.15) is 0 Å². The van der Waals surface area contributed by atoms with Gasteiger partial charge in [0.25, 0.3) is 0 Å². The topological polar surface area (TPSA) is 90.0 Å². The van der Waals surface area contributed by atoms with Gasteiger partial charge in [0.05, 0.1) is 0 Å². The summed E-state index contributed by atoms with van der Waals surface area (Å²) in [5.74, 6) is -1.29. The maximum absolute atomic E-state index is 11.7. The number of urea groups is 1. The number of nitrogens with zero attached hydrogens (tertiary/aromatic N) is 2. The molecule has 0 aliphatic carbocycles. The van der Waals surface area contributed by atoms with Crippen molar-refractivity contribution in [2.24, 2.45) is 0 Å². The van der Waals surface area contributed by atoms with Crippen molar-refractivity contribution in [3.63, 3.8) is 0 Å². The van der Waals surface area contributed by atoms with Crippen LogP contribution < -0.4 is 5.32 Å². The van der Waals surface area contributed by atoms with Gasteiger partial charge in [-0.3, -0.25) is 9.59 Å². The molecule has 7 heteroatoms. The average molecular weight is 229 g/mol. The van der Waals surface area contributed by atoms with Gasteiger partial charge in [0.1, 0.15) is 13.1 Å². The van der Waals surface area contributed by atoms with Crippen LogP contribution >= 0.6 is 0 Å². The van der Waals surface area contributed by atoms with Crippen molar-refractivity contribution in [3.8, 4) is 0 Å². The predicted molar refractivity (Wildman–Crippen MR) is 54.9 cm³/mol. The van der Waals surface area contributed by atoms with Crippen molar-refractivity contribution in [1.82, 2.24) is 15.1 Å². The van der Waals surface area contributed by atoms with Gasteiger partial charge in [0.15, 0.2) is 0 Å². The minimum Gasteiger partial charge on any atom is -0.480 e. The summed E-state index contributed by atoms with van der Waals surface area (Å²) >= 11 is 0. The van der Waals surface area contributed by atoms with Crippen LogP contribution in [0.15, 0.2) is 0 Å². The van der Waals surface area contributed by atoms with E-state index < -0.39 is 12.0 Å². The van der Waals surface area contributed by atoms with Gasteiger partial charge in [-0.1, -0.05) is 0 Å². The Morgan fingerprint density at radius 3 is 2.88 bits per heavy atom. The third-order valence-corrected chi connectivity index (χ3v) is 2.23. The molecule has 1 rings (SSSR count). The molecule has 7 nitrogen and oxygen atoms in total. The molecule has 0 saturated carbocycles. The number of amides is 3. The number of nitrogens with one attached hydrogen (secondary N) is 1. The van der Waals surface area contributed by atoms with E-state index in [-0.39, 0.29) is 19.0 Å². The van der Waals surface area contributed by atoms with Crippen LogP contribution in [0.4, 0.5) is 4.79 Å². The van der Waals surface area contributed by atoms with E-state index in [0.717, 1.165) is 4.90 Å². The number of aliphatic carboxylic acids is 1. The van der Waals surface area contributed by atoms with E-state index in [1.54, 1.807) is 0 Å². The standard InChI is InChI=1S/C9H15N3O4/c1-11(6-8(14)15)9(16)12-4-2-3-10-7(13)5-12/h2-6H2,1H3,(H,10,13)(H,14,15). The second-order valence-electron chi connectivity index (χ2n) is 3.66. The van der Waals surface area contributed by atoms with Gasteiger partial charge >= 0.3 is 12.0 Å². The molecule has 0 aromatic heterocycles. The van der Waals surface area contributed by atoms with Gasteiger partial charge < -0.3 is 20.2 Å². The molecular formula is C9H15N3O4. The summed E-state index contributed by atoms with van der Waals surface area (Å²) in [6.45, 7) is 0.631. The minimum absolute atomic E-state index is 0.0111. The highest BCUT2D eigenvalue weighted by Crippen LogP contribution is 2.01. The molecule has 90 valence electrons. The molecule has 0 radical (unpaired) electrons. The number of carbonyl (C=O) groups excluding carboxylic acids is 2. The van der Waals surface area contributed by atoms with Gasteiger partial charge in [0, 0.05) is 20.1 Å². The fraction of sp³-hybridized carbons (Fsp3) is 0.667. The number of hydrogen-bond acceptors (Lipinski definition) is 3. The van der Waals surface area contributed by atoms with E-state index in [0.29, 0.717) is 19.5 Å². The lowest BCUT2D eigenvalue weighted by atomic mass is 10.4. The van der Waals surface area contributed by atoms with Crippen LogP contribution in [0.3, 0.4) is 0 Å². The number of carboxylic acids is 1. The van der Waals surface area contributed by atoms with Gasteiger partial charge in [-0.15, -0.1) is 0 Å². The molecular weight excluding hydrogens is 214 g/mol. The lowest BCUT2D eigenvalue weighted by molar-refractivity contribution is -0.137. The SMILES string of the molecule is CN(CC(=O)O)C(=O)N1CCCNC(=O)C1. The first kappa shape index (κ1) is 12.3. The van der Waals surface area contributed by atoms with Crippen LogP contribution in [0, 0.1) is 0 Å². The lowest BCUT2D eigenvalue weighted by Gasteiger charge is -2.24. The van der Waals surface area contributed by atoms with Crippen molar-refractivity contribution in [1.29, 1.82) is 0 Å². The quantitative estimate of drug-likeness (QED) is 0.632. The zero-order valence-corrected chi connectivity index (χ0v) is 9.10. The van der Waals surface area contributed by atoms with E-state index in [1.807, 2.05) is 0 Å². The fourth-order valence-corrected chi connectivity index (χ4v) is 1.48. The predicted octanol–water partition coefficient (Wildman–Crippen LogP) is -1.06. The van der Waals surface area contributed by atoms with E-state index in [9.17, 15) is 14.4 Å². The second kappa shape index (κ2) is 5.34. The van der Waals surface area contributed by atoms with E-state index in [4.69, 9.17) is 5.11 Å². The Morgan fingerprint density at radius 1 is 1.56 bits per heavy atom. The zero-order chi connectivity index (χ0) is 12.1. The molecule has 0 atom stereocenters. The molecule has 0 aromatic carbocycles. The molecule has 1 fully saturated rings. The first-order valence-corrected chi connectivity index (χ1v) is 4.99. The Labute approximate surface area is 93.0 Å². The van der Waals surface area contributed by atoms with E-state index >= 15 is 0 Å². The van der Waals surface area contributed by atoms with Crippen LogP contribution in [-0.2, 0) is 9.59 Å². The third kappa shape index (κ3) is 3.41. The van der Waals surface area contributed by atoms with E-state index in [1.165, 1.54) is 11.9 Å². The molecule has 1 aliphatic heterocycles. The Bertz CT molecular complexity index is 305. The van der Waals surface area contributed by atoms with Crippen LogP contribution in [0.1, 0.15) is 6.42 Å². The second-order valence-corrected chi connectivity index (χ2v) is 3.66. The summed E-state index contributed by atoms with van der Waals surface area (Å²) in [7, 11) is 1.40. The summed E-state index contributed by atoms with van der Waals surface area (Å²) in [4.78, 5) is 35.8. The number of rotatable bonds is 2. The van der Waals surface area contributed by atoms with Crippen molar-refractivity contribution in [2.45, 2.75) is 6.42 Å². The molecule has 0 spiro atoms. The van der Waals surface area contributed by atoms with Crippen LogP contribution in [0.25, 0.3) is 0 Å². The van der Waals surface area contributed by atoms with Crippen LogP contribution in [0.5, 0.6) is 0 Å². The Morgan fingerprint density at radius 2 is 2.25 bits per heavy atom. The van der Waals surface area contributed by atoms with E-state index in [2.05, 4.69) is 5.32 Å². The molecule has 0 bridgehead atoms. The summed E-state index contributed by atoms with van der Waals surface area (Å²) < 4.78 is 0. The maximum Gasteiger partial charge on any atom is 0.323 e. The highest BCUT2D eigenvalue weighted by molar-refractivity contribution is 5.85. The number of carboxylic acid groups (broad SMARTS) is 1. The summed E-state index contributed by atoms with van der Waals surface area (Å²) in [5.41, 5.74) is 0. The molecule has 0 unspecified atom stereocenters. The number of likely N-dealkylation sites (N-methyl/N-ethyl adjacent to an activating group) is 1. The lowest BCUT2D eigenvalue weighted by Crippen LogP contribution is -2.45. The smallest absolute Gasteiger partial charge is 0.323 e. The van der Waals surface area contributed by atoms with Crippen molar-refractivity contribution >= 4 is 17.9 Å². The Kier molecular flexibility index (Phi) is 4.10. The number of carbonyl (C=O) groups is 3. The summed E-state index contributed by atoms with van der Waals surface area (Å²) in [6.07, 6.45) is 0.679. The summed E-state index contributed by atoms with van der Waals surface area (Å²) in [6, 6.07) is -0.431. The normalized spacial score (nSPS) is 16.3. The van der Waals surface area contributed by atoms with Gasteiger partial charge in [-0.25, -0.2) is 4.79 Å². The highest BCUT2D eigenvalue weighted by atomic mass is 16.4. The maximum atomic E-state index is 11.7. The molecule has 2 N–H and O–H groups in total. The molecule has 16 heavy (non-hydrogen) atoms. The third-order valence-electron chi connectivity index (χ3n) is 2.23. The first-order valence-electron chi connectivity index (χ1n) is 4.99. The van der Waals surface area contributed by atoms with Gasteiger partial charge in [0.2, 0.25) is 5.91 Å². The summed E-state index contributed by atoms with van der Waals surface area (Å²) in [5, 5.41) is 11.2. The molecule has 1 heterocycles. The van der Waals surface area contributed by atoms with Gasteiger partial charge in [-0.05, 0) is 6.42 Å².